The van der Waals surface area contributed by atoms with Crippen LogP contribution in [-0.4, -0.2) is 41.3 Å². The van der Waals surface area contributed by atoms with Crippen LogP contribution in [0.25, 0.3) is 10.9 Å². The number of hydrogen-bond acceptors (Lipinski definition) is 5. The summed E-state index contributed by atoms with van der Waals surface area (Å²) in [6.07, 6.45) is 2.98. The van der Waals surface area contributed by atoms with Crippen molar-refractivity contribution in [1.82, 2.24) is 14.5 Å². The van der Waals surface area contributed by atoms with Crippen molar-refractivity contribution in [3.63, 3.8) is 0 Å². The monoisotopic (exact) mass is 473 g/mol. The first-order valence-corrected chi connectivity index (χ1v) is 11.6. The number of aromatic nitrogens is 2. The molecule has 168 valence electrons. The van der Waals surface area contributed by atoms with Crippen LogP contribution in [0.4, 0.5) is 0 Å². The van der Waals surface area contributed by atoms with Gasteiger partial charge in [0.15, 0.2) is 0 Å². The Labute approximate surface area is 196 Å². The quantitative estimate of drug-likeness (QED) is 0.540. The fourth-order valence-corrected chi connectivity index (χ4v) is 5.52. The third-order valence-electron chi connectivity index (χ3n) is 6.70. The van der Waals surface area contributed by atoms with Gasteiger partial charge < -0.3 is 9.47 Å². The van der Waals surface area contributed by atoms with Gasteiger partial charge in [0.1, 0.15) is 17.3 Å². The summed E-state index contributed by atoms with van der Waals surface area (Å²) in [4.78, 5) is 20.6. The van der Waals surface area contributed by atoms with E-state index in [1.807, 2.05) is 10.6 Å². The smallest absolute Gasteiger partial charge is 0.261 e. The summed E-state index contributed by atoms with van der Waals surface area (Å²) in [6.45, 7) is 2.46. The summed E-state index contributed by atoms with van der Waals surface area (Å²) in [5.74, 6) is 2.65. The number of likely N-dealkylation sites (tertiary alicyclic amines) is 1. The number of nitrogens with zero attached hydrogens (tertiary/aromatic N) is 3. The molecule has 0 saturated carbocycles. The second kappa shape index (κ2) is 8.58. The Bertz CT molecular complexity index is 1220. The van der Waals surface area contributed by atoms with E-state index in [4.69, 9.17) is 37.7 Å². The summed E-state index contributed by atoms with van der Waals surface area (Å²) in [7, 11) is 3.33. The highest BCUT2D eigenvalue weighted by atomic mass is 35.5. The van der Waals surface area contributed by atoms with Crippen LogP contribution in [0, 0.1) is 0 Å². The van der Waals surface area contributed by atoms with Crippen molar-refractivity contribution in [3.8, 4) is 11.5 Å². The zero-order valence-corrected chi connectivity index (χ0v) is 19.6. The molecule has 6 nitrogen and oxygen atoms in total. The zero-order valence-electron chi connectivity index (χ0n) is 18.1. The first-order chi connectivity index (χ1) is 15.5. The van der Waals surface area contributed by atoms with E-state index in [9.17, 15) is 4.79 Å². The molecule has 0 spiro atoms. The molecule has 1 fully saturated rings. The van der Waals surface area contributed by atoms with Gasteiger partial charge in [-0.25, -0.2) is 4.98 Å². The van der Waals surface area contributed by atoms with Crippen molar-refractivity contribution < 1.29 is 9.47 Å². The van der Waals surface area contributed by atoms with Gasteiger partial charge in [0.25, 0.3) is 5.56 Å². The van der Waals surface area contributed by atoms with Gasteiger partial charge in [0, 0.05) is 31.1 Å². The summed E-state index contributed by atoms with van der Waals surface area (Å²) < 4.78 is 12.7. The van der Waals surface area contributed by atoms with E-state index in [0.29, 0.717) is 33.5 Å². The summed E-state index contributed by atoms with van der Waals surface area (Å²) >= 11 is 12.4. The van der Waals surface area contributed by atoms with Crippen molar-refractivity contribution in [3.05, 3.63) is 62.1 Å². The van der Waals surface area contributed by atoms with Crippen molar-refractivity contribution in [2.24, 2.45) is 0 Å². The lowest BCUT2D eigenvalue weighted by molar-refractivity contribution is 0.0887. The predicted molar refractivity (Wildman–Crippen MR) is 126 cm³/mol. The van der Waals surface area contributed by atoms with Crippen LogP contribution in [0.5, 0.6) is 11.5 Å². The molecule has 1 saturated heterocycles. The SMILES string of the molecule is COc1cc(CN2CCC[C@@H]3c4nc5cc(Cl)c(Cl)cc5c(=O)n4CC[C@H]32)cc(OC)c1. The Morgan fingerprint density at radius 1 is 1.00 bits per heavy atom. The lowest BCUT2D eigenvalue weighted by atomic mass is 9.83. The normalized spacial score (nSPS) is 20.6. The van der Waals surface area contributed by atoms with Crippen LogP contribution >= 0.6 is 23.2 Å². The standard InChI is InChI=1S/C24H25Cl2N3O3/c1-31-15-8-14(9-16(10-15)32-2)13-28-6-3-4-17-22(28)5-7-29-23(17)27-21-12-20(26)19(25)11-18(21)24(29)30/h8-12,17,22H,3-7,13H2,1-2H3/t17-,22+/m0/s1. The van der Waals surface area contributed by atoms with E-state index < -0.39 is 0 Å². The largest absolute Gasteiger partial charge is 0.497 e. The first-order valence-electron chi connectivity index (χ1n) is 10.8. The number of rotatable bonds is 4. The lowest BCUT2D eigenvalue weighted by Gasteiger charge is -2.44. The Hall–Kier alpha value is -2.28. The van der Waals surface area contributed by atoms with E-state index in [-0.39, 0.29) is 11.5 Å². The molecule has 2 atom stereocenters. The van der Waals surface area contributed by atoms with Gasteiger partial charge in [0.2, 0.25) is 0 Å². The number of methoxy groups -OCH3 is 2. The number of ether oxygens (including phenoxy) is 2. The highest BCUT2D eigenvalue weighted by molar-refractivity contribution is 6.42. The number of halogens is 2. The number of fused-ring (bicyclic) bond motifs is 4. The minimum Gasteiger partial charge on any atom is -0.497 e. The minimum atomic E-state index is -0.0309. The number of benzene rings is 2. The van der Waals surface area contributed by atoms with E-state index in [1.165, 1.54) is 0 Å². The molecule has 1 aromatic heterocycles. The molecule has 0 N–H and O–H groups in total. The van der Waals surface area contributed by atoms with Crippen LogP contribution in [0.2, 0.25) is 10.0 Å². The second-order valence-electron chi connectivity index (χ2n) is 8.51. The maximum absolute atomic E-state index is 13.2. The molecule has 8 heteroatoms. The molecular formula is C24H25Cl2N3O3. The first kappa shape index (κ1) is 21.6. The molecule has 2 aliphatic heterocycles. The summed E-state index contributed by atoms with van der Waals surface area (Å²) in [6, 6.07) is 9.67. The number of hydrogen-bond donors (Lipinski definition) is 0. The molecular weight excluding hydrogens is 449 g/mol. The topological polar surface area (TPSA) is 56.6 Å². The van der Waals surface area contributed by atoms with Crippen LogP contribution in [-0.2, 0) is 13.1 Å². The van der Waals surface area contributed by atoms with Gasteiger partial charge in [-0.15, -0.1) is 0 Å². The second-order valence-corrected chi connectivity index (χ2v) is 9.32. The van der Waals surface area contributed by atoms with E-state index in [0.717, 1.165) is 55.2 Å². The highest BCUT2D eigenvalue weighted by Gasteiger charge is 2.38. The maximum atomic E-state index is 13.2. The Morgan fingerprint density at radius 2 is 1.72 bits per heavy atom. The molecule has 3 aromatic rings. The Balaban J connectivity index is 1.50. The fourth-order valence-electron chi connectivity index (χ4n) is 5.19. The summed E-state index contributed by atoms with van der Waals surface area (Å²) in [5, 5.41) is 1.32. The van der Waals surface area contributed by atoms with Crippen molar-refractivity contribution in [2.75, 3.05) is 20.8 Å². The van der Waals surface area contributed by atoms with Crippen molar-refractivity contribution >= 4 is 34.1 Å². The van der Waals surface area contributed by atoms with Crippen LogP contribution in [0.15, 0.2) is 35.1 Å². The van der Waals surface area contributed by atoms with Crippen molar-refractivity contribution in [2.45, 2.75) is 44.3 Å². The predicted octanol–water partition coefficient (Wildman–Crippen LogP) is 4.87. The van der Waals surface area contributed by atoms with Crippen LogP contribution in [0.1, 0.15) is 36.6 Å². The Kier molecular flexibility index (Phi) is 5.78. The lowest BCUT2D eigenvalue weighted by Crippen LogP contribution is -2.49. The number of piperidine rings is 1. The third kappa shape index (κ3) is 3.74. The molecule has 5 rings (SSSR count). The van der Waals surface area contributed by atoms with E-state index in [2.05, 4.69) is 17.0 Å². The zero-order chi connectivity index (χ0) is 22.4. The molecule has 32 heavy (non-hydrogen) atoms. The maximum Gasteiger partial charge on any atom is 0.261 e. The highest BCUT2D eigenvalue weighted by Crippen LogP contribution is 2.38. The third-order valence-corrected chi connectivity index (χ3v) is 7.42. The van der Waals surface area contributed by atoms with Gasteiger partial charge in [-0.05, 0) is 55.6 Å². The average Bonchev–Trinajstić information content (AvgIpc) is 2.80. The molecule has 0 unspecified atom stereocenters. The van der Waals surface area contributed by atoms with Gasteiger partial charge in [0.05, 0.1) is 35.2 Å². The van der Waals surface area contributed by atoms with Crippen molar-refractivity contribution in [1.29, 1.82) is 0 Å². The van der Waals surface area contributed by atoms with Crippen LogP contribution < -0.4 is 15.0 Å². The minimum absolute atomic E-state index is 0.0309. The van der Waals surface area contributed by atoms with Gasteiger partial charge in [-0.1, -0.05) is 23.2 Å². The van der Waals surface area contributed by atoms with Gasteiger partial charge >= 0.3 is 0 Å². The molecule has 0 amide bonds. The van der Waals surface area contributed by atoms with Gasteiger partial charge in [-0.2, -0.15) is 0 Å². The Morgan fingerprint density at radius 3 is 2.44 bits per heavy atom. The van der Waals surface area contributed by atoms with Gasteiger partial charge in [-0.3, -0.25) is 14.3 Å². The van der Waals surface area contributed by atoms with Crippen LogP contribution in [0.3, 0.4) is 0 Å². The molecule has 3 heterocycles. The molecule has 2 aliphatic rings. The fraction of sp³-hybridized carbons (Fsp3) is 0.417. The van der Waals surface area contributed by atoms with E-state index in [1.54, 1.807) is 26.4 Å². The average molecular weight is 474 g/mol. The summed E-state index contributed by atoms with van der Waals surface area (Å²) in [5.41, 5.74) is 1.74. The molecule has 0 radical (unpaired) electrons. The van der Waals surface area contributed by atoms with E-state index >= 15 is 0 Å². The molecule has 0 aliphatic carbocycles. The molecule has 0 bridgehead atoms. The molecule has 2 aromatic carbocycles.